The van der Waals surface area contributed by atoms with E-state index in [4.69, 9.17) is 10.3 Å². The van der Waals surface area contributed by atoms with Crippen LogP contribution in [0, 0.1) is 0 Å². The van der Waals surface area contributed by atoms with Gasteiger partial charge in [-0.25, -0.2) is 0 Å². The van der Waals surface area contributed by atoms with E-state index >= 15 is 0 Å². The SMILES string of the molecule is CC(N)(Cc1ccc(O)cc1)c1nc(-c2ccc(-c3ccsc3)cc2)no1. The second kappa shape index (κ2) is 6.98. The molecule has 0 fully saturated rings. The van der Waals surface area contributed by atoms with Crippen LogP contribution in [0.15, 0.2) is 69.9 Å². The van der Waals surface area contributed by atoms with E-state index in [9.17, 15) is 5.11 Å². The van der Waals surface area contributed by atoms with Gasteiger partial charge in [-0.15, -0.1) is 0 Å². The first-order chi connectivity index (χ1) is 13.0. The lowest BCUT2D eigenvalue weighted by molar-refractivity contribution is 0.296. The maximum absolute atomic E-state index is 9.41. The van der Waals surface area contributed by atoms with Gasteiger partial charge in [0.1, 0.15) is 5.75 Å². The number of nitrogens with two attached hydrogens (primary N) is 1. The first kappa shape index (κ1) is 17.5. The fourth-order valence-corrected chi connectivity index (χ4v) is 3.59. The van der Waals surface area contributed by atoms with Crippen molar-refractivity contribution in [2.75, 3.05) is 0 Å². The maximum atomic E-state index is 9.41. The van der Waals surface area contributed by atoms with Crippen LogP contribution in [0.4, 0.5) is 0 Å². The number of phenolic OH excluding ortho intramolecular Hbond substituents is 1. The van der Waals surface area contributed by atoms with Gasteiger partial charge in [-0.3, -0.25) is 0 Å². The Bertz CT molecular complexity index is 1020. The van der Waals surface area contributed by atoms with Crippen LogP contribution in [0.25, 0.3) is 22.5 Å². The molecule has 1 atom stereocenters. The Balaban J connectivity index is 1.54. The molecule has 6 heteroatoms. The summed E-state index contributed by atoms with van der Waals surface area (Å²) in [5.41, 5.74) is 9.84. The molecule has 0 aliphatic heterocycles. The molecule has 3 N–H and O–H groups in total. The quantitative estimate of drug-likeness (QED) is 0.531. The van der Waals surface area contributed by atoms with Crippen molar-refractivity contribution in [3.8, 4) is 28.3 Å². The molecule has 0 saturated heterocycles. The monoisotopic (exact) mass is 377 g/mol. The van der Waals surface area contributed by atoms with Crippen molar-refractivity contribution < 1.29 is 9.63 Å². The molecule has 27 heavy (non-hydrogen) atoms. The molecular formula is C21H19N3O2S. The fourth-order valence-electron chi connectivity index (χ4n) is 2.93. The van der Waals surface area contributed by atoms with Gasteiger partial charge in [0, 0.05) is 5.56 Å². The molecule has 2 aromatic heterocycles. The molecule has 1 unspecified atom stereocenters. The van der Waals surface area contributed by atoms with E-state index in [0.717, 1.165) is 16.7 Å². The molecule has 0 aliphatic rings. The summed E-state index contributed by atoms with van der Waals surface area (Å²) in [7, 11) is 0. The normalized spacial score (nSPS) is 13.4. The Morgan fingerprint density at radius 2 is 1.70 bits per heavy atom. The number of hydrogen-bond acceptors (Lipinski definition) is 6. The van der Waals surface area contributed by atoms with Crippen LogP contribution in [0.3, 0.4) is 0 Å². The van der Waals surface area contributed by atoms with Crippen LogP contribution < -0.4 is 5.73 Å². The van der Waals surface area contributed by atoms with Gasteiger partial charge in [0.15, 0.2) is 0 Å². The largest absolute Gasteiger partial charge is 0.508 e. The van der Waals surface area contributed by atoms with E-state index in [0.29, 0.717) is 18.1 Å². The molecule has 0 bridgehead atoms. The lowest BCUT2D eigenvalue weighted by atomic mass is 9.94. The average Bonchev–Trinajstić information content (AvgIpc) is 3.36. The highest BCUT2D eigenvalue weighted by molar-refractivity contribution is 7.08. The third kappa shape index (κ3) is 3.77. The molecule has 4 aromatic rings. The number of rotatable bonds is 5. The van der Waals surface area contributed by atoms with Gasteiger partial charge < -0.3 is 15.4 Å². The van der Waals surface area contributed by atoms with Crippen LogP contribution >= 0.6 is 11.3 Å². The maximum Gasteiger partial charge on any atom is 0.247 e. The summed E-state index contributed by atoms with van der Waals surface area (Å²) < 4.78 is 5.45. The summed E-state index contributed by atoms with van der Waals surface area (Å²) in [6.45, 7) is 1.86. The number of hydrogen-bond donors (Lipinski definition) is 2. The molecule has 2 aromatic carbocycles. The lowest BCUT2D eigenvalue weighted by Gasteiger charge is -2.19. The van der Waals surface area contributed by atoms with Gasteiger partial charge in [0.25, 0.3) is 0 Å². The van der Waals surface area contributed by atoms with Crippen molar-refractivity contribution in [1.82, 2.24) is 10.1 Å². The van der Waals surface area contributed by atoms with Crippen molar-refractivity contribution >= 4 is 11.3 Å². The number of nitrogens with zero attached hydrogens (tertiary/aromatic N) is 2. The Kier molecular flexibility index (Phi) is 4.51. The van der Waals surface area contributed by atoms with Crippen LogP contribution in [0.5, 0.6) is 5.75 Å². The van der Waals surface area contributed by atoms with E-state index in [1.165, 1.54) is 5.56 Å². The topological polar surface area (TPSA) is 85.2 Å². The first-order valence-electron chi connectivity index (χ1n) is 8.55. The van der Waals surface area contributed by atoms with Crippen molar-refractivity contribution in [2.45, 2.75) is 18.9 Å². The Morgan fingerprint density at radius 3 is 2.37 bits per heavy atom. The molecule has 0 amide bonds. The van der Waals surface area contributed by atoms with Crippen LogP contribution in [-0.2, 0) is 12.0 Å². The zero-order chi connectivity index (χ0) is 18.9. The Morgan fingerprint density at radius 1 is 1.00 bits per heavy atom. The second-order valence-corrected chi connectivity index (χ2v) is 7.55. The van der Waals surface area contributed by atoms with E-state index in [1.54, 1.807) is 23.5 Å². The number of aromatic nitrogens is 2. The molecule has 0 saturated carbocycles. The third-order valence-corrected chi connectivity index (χ3v) is 5.10. The highest BCUT2D eigenvalue weighted by Crippen LogP contribution is 2.27. The van der Waals surface area contributed by atoms with Gasteiger partial charge in [-0.2, -0.15) is 16.3 Å². The van der Waals surface area contributed by atoms with Gasteiger partial charge in [-0.1, -0.05) is 41.6 Å². The van der Waals surface area contributed by atoms with Crippen molar-refractivity contribution in [1.29, 1.82) is 0 Å². The number of aromatic hydroxyl groups is 1. The predicted octanol–water partition coefficient (Wildman–Crippen LogP) is 4.59. The van der Waals surface area contributed by atoms with Crippen molar-refractivity contribution in [3.63, 3.8) is 0 Å². The van der Waals surface area contributed by atoms with E-state index in [1.807, 2.05) is 43.3 Å². The van der Waals surface area contributed by atoms with Gasteiger partial charge in [0.05, 0.1) is 5.54 Å². The van der Waals surface area contributed by atoms with Gasteiger partial charge in [-0.05, 0) is 59.0 Å². The summed E-state index contributed by atoms with van der Waals surface area (Å²) >= 11 is 1.67. The minimum absolute atomic E-state index is 0.225. The van der Waals surface area contributed by atoms with Crippen molar-refractivity contribution in [2.24, 2.45) is 5.73 Å². The lowest BCUT2D eigenvalue weighted by Crippen LogP contribution is -2.35. The van der Waals surface area contributed by atoms with E-state index in [-0.39, 0.29) is 5.75 Å². The zero-order valence-corrected chi connectivity index (χ0v) is 15.6. The zero-order valence-electron chi connectivity index (χ0n) is 14.8. The molecule has 0 aliphatic carbocycles. The summed E-state index contributed by atoms with van der Waals surface area (Å²) in [5, 5.41) is 17.7. The molecule has 4 rings (SSSR count). The molecular weight excluding hydrogens is 358 g/mol. The average molecular weight is 377 g/mol. The fraction of sp³-hybridized carbons (Fsp3) is 0.143. The number of benzene rings is 2. The molecule has 5 nitrogen and oxygen atoms in total. The standard InChI is InChI=1S/C21H19N3O2S/c1-21(22,12-14-2-8-18(25)9-3-14)20-23-19(24-26-20)16-6-4-15(5-7-16)17-10-11-27-13-17/h2-11,13,25H,12,22H2,1H3. The van der Waals surface area contributed by atoms with Crippen molar-refractivity contribution in [3.05, 3.63) is 76.8 Å². The minimum atomic E-state index is -0.807. The Hall–Kier alpha value is -2.96. The molecule has 2 heterocycles. The van der Waals surface area contributed by atoms with Crippen LogP contribution in [0.1, 0.15) is 18.4 Å². The summed E-state index contributed by atoms with van der Waals surface area (Å²) in [4.78, 5) is 4.51. The Labute approximate surface area is 161 Å². The number of thiophene rings is 1. The number of phenols is 1. The molecule has 0 radical (unpaired) electrons. The highest BCUT2D eigenvalue weighted by atomic mass is 32.1. The minimum Gasteiger partial charge on any atom is -0.508 e. The van der Waals surface area contributed by atoms with E-state index in [2.05, 4.69) is 27.0 Å². The van der Waals surface area contributed by atoms with Gasteiger partial charge in [0.2, 0.25) is 11.7 Å². The first-order valence-corrected chi connectivity index (χ1v) is 9.49. The third-order valence-electron chi connectivity index (χ3n) is 4.42. The summed E-state index contributed by atoms with van der Waals surface area (Å²) in [6, 6.07) is 17.1. The highest BCUT2D eigenvalue weighted by Gasteiger charge is 2.29. The second-order valence-electron chi connectivity index (χ2n) is 6.77. The van der Waals surface area contributed by atoms with Crippen LogP contribution in [0.2, 0.25) is 0 Å². The molecule has 136 valence electrons. The summed E-state index contributed by atoms with van der Waals surface area (Å²) in [6.07, 6.45) is 0.520. The van der Waals surface area contributed by atoms with Gasteiger partial charge >= 0.3 is 0 Å². The smallest absolute Gasteiger partial charge is 0.247 e. The van der Waals surface area contributed by atoms with E-state index < -0.39 is 5.54 Å². The predicted molar refractivity (Wildman–Crippen MR) is 106 cm³/mol. The summed E-state index contributed by atoms with van der Waals surface area (Å²) in [5.74, 6) is 1.13. The van der Waals surface area contributed by atoms with Crippen LogP contribution in [-0.4, -0.2) is 15.2 Å². The molecule has 0 spiro atoms.